The molecule has 2 atom stereocenters. The smallest absolute Gasteiger partial charge is 0.325 e. The summed E-state index contributed by atoms with van der Waals surface area (Å²) in [6.45, 7) is 0.683. The molecule has 0 aliphatic carbocycles. The van der Waals surface area contributed by atoms with Crippen molar-refractivity contribution in [2.75, 3.05) is 25.2 Å². The zero-order valence-corrected chi connectivity index (χ0v) is 16.3. The first-order chi connectivity index (χ1) is 12.6. The fourth-order valence-corrected chi connectivity index (χ4v) is 4.38. The molecule has 8 heteroatoms. The molecule has 3 amide bonds. The Morgan fingerprint density at radius 1 is 1.23 bits per heavy atom. The van der Waals surface area contributed by atoms with Crippen LogP contribution in [0.2, 0.25) is 0 Å². The first-order valence-electron chi connectivity index (χ1n) is 8.76. The van der Waals surface area contributed by atoms with Crippen molar-refractivity contribution in [1.29, 1.82) is 0 Å². The minimum atomic E-state index is -0.461. The van der Waals surface area contributed by atoms with E-state index in [4.69, 9.17) is 16.6 Å². The van der Waals surface area contributed by atoms with Crippen molar-refractivity contribution in [2.24, 2.45) is 4.99 Å². The molecular formula is C18H23ClN4O2S. The second-order valence-corrected chi connectivity index (χ2v) is 7.79. The molecule has 0 radical (unpaired) electrons. The van der Waals surface area contributed by atoms with E-state index < -0.39 is 18.2 Å². The van der Waals surface area contributed by atoms with Gasteiger partial charge in [-0.05, 0) is 24.8 Å². The molecule has 2 aliphatic heterocycles. The van der Waals surface area contributed by atoms with Crippen molar-refractivity contribution in [3.05, 3.63) is 35.9 Å². The van der Waals surface area contributed by atoms with Crippen LogP contribution in [0.25, 0.3) is 0 Å². The number of hydrogen-bond acceptors (Lipinski definition) is 5. The van der Waals surface area contributed by atoms with Crippen LogP contribution in [0.4, 0.5) is 4.79 Å². The lowest BCUT2D eigenvalue weighted by Crippen LogP contribution is -2.63. The molecule has 1 fully saturated rings. The minimum Gasteiger partial charge on any atom is -0.335 e. The first-order valence-corrected chi connectivity index (χ1v) is 10.3. The quantitative estimate of drug-likeness (QED) is 0.570. The van der Waals surface area contributed by atoms with Crippen molar-refractivity contribution in [3.63, 3.8) is 0 Å². The third kappa shape index (κ3) is 4.15. The van der Waals surface area contributed by atoms with Crippen molar-refractivity contribution in [1.82, 2.24) is 15.1 Å². The molecular weight excluding hydrogens is 372 g/mol. The maximum atomic E-state index is 12.5. The molecule has 0 spiro atoms. The second-order valence-electron chi connectivity index (χ2n) is 6.35. The Hall–Kier alpha value is -1.73. The number of imide groups is 1. The minimum absolute atomic E-state index is 0.272. The number of nitrogens with zero attached hydrogens (tertiary/aromatic N) is 3. The number of alkyl halides is 1. The summed E-state index contributed by atoms with van der Waals surface area (Å²) in [6.07, 6.45) is 2.31. The number of nitrogens with one attached hydrogen (secondary N) is 1. The van der Waals surface area contributed by atoms with Gasteiger partial charge >= 0.3 is 6.03 Å². The van der Waals surface area contributed by atoms with Gasteiger partial charge < -0.3 is 9.80 Å². The number of thioether (sulfide) groups is 1. The van der Waals surface area contributed by atoms with E-state index in [0.29, 0.717) is 12.4 Å². The van der Waals surface area contributed by atoms with Crippen LogP contribution in [-0.2, 0) is 11.2 Å². The summed E-state index contributed by atoms with van der Waals surface area (Å²) in [4.78, 5) is 32.6. The van der Waals surface area contributed by atoms with E-state index in [1.807, 2.05) is 23.1 Å². The van der Waals surface area contributed by atoms with E-state index in [1.54, 1.807) is 18.8 Å². The lowest BCUT2D eigenvalue weighted by atomic mass is 10.1. The summed E-state index contributed by atoms with van der Waals surface area (Å²) < 4.78 is 0. The molecule has 0 saturated carbocycles. The van der Waals surface area contributed by atoms with Gasteiger partial charge in [-0.3, -0.25) is 10.1 Å². The van der Waals surface area contributed by atoms with Gasteiger partial charge in [0, 0.05) is 25.2 Å². The fraction of sp³-hybridized carbons (Fsp3) is 0.500. The molecule has 2 heterocycles. The lowest BCUT2D eigenvalue weighted by molar-refractivity contribution is -0.127. The van der Waals surface area contributed by atoms with Crippen LogP contribution >= 0.6 is 23.4 Å². The summed E-state index contributed by atoms with van der Waals surface area (Å²) in [5, 5.41) is 3.27. The first kappa shape index (κ1) is 19.0. The van der Waals surface area contributed by atoms with Crippen LogP contribution in [0, 0.1) is 0 Å². The highest BCUT2D eigenvalue weighted by atomic mass is 35.5. The van der Waals surface area contributed by atoms with Gasteiger partial charge in [0.2, 0.25) is 0 Å². The average molecular weight is 395 g/mol. The number of urea groups is 1. The van der Waals surface area contributed by atoms with Gasteiger partial charge in [0.25, 0.3) is 5.91 Å². The Kier molecular flexibility index (Phi) is 6.43. The Bertz CT molecular complexity index is 685. The molecule has 2 unspecified atom stereocenters. The van der Waals surface area contributed by atoms with Gasteiger partial charge in [-0.25, -0.2) is 9.79 Å². The van der Waals surface area contributed by atoms with Gasteiger partial charge in [-0.15, -0.1) is 11.6 Å². The number of unbranched alkanes of at least 4 members (excludes halogenated alkanes) is 1. The summed E-state index contributed by atoms with van der Waals surface area (Å²) in [6, 6.07) is 9.32. The van der Waals surface area contributed by atoms with Crippen LogP contribution in [0.5, 0.6) is 0 Å². The van der Waals surface area contributed by atoms with E-state index in [1.165, 1.54) is 10.5 Å². The van der Waals surface area contributed by atoms with E-state index in [2.05, 4.69) is 17.4 Å². The molecule has 2 aliphatic rings. The summed E-state index contributed by atoms with van der Waals surface area (Å²) in [7, 11) is 1.68. The number of aliphatic imine (C=N–C) groups is 1. The number of amidine groups is 1. The van der Waals surface area contributed by atoms with Gasteiger partial charge in [0.05, 0.1) is 0 Å². The second kappa shape index (κ2) is 8.77. The highest BCUT2D eigenvalue weighted by Gasteiger charge is 2.48. The number of hydrogen-bond donors (Lipinski definition) is 1. The highest BCUT2D eigenvalue weighted by molar-refractivity contribution is 8.13. The molecule has 1 aromatic carbocycles. The Morgan fingerprint density at radius 3 is 2.73 bits per heavy atom. The number of likely N-dealkylation sites (N-methyl/N-ethyl adjacent to an activating group) is 1. The van der Waals surface area contributed by atoms with Gasteiger partial charge in [0.15, 0.2) is 17.4 Å². The molecule has 6 nitrogen and oxygen atoms in total. The van der Waals surface area contributed by atoms with Gasteiger partial charge in [-0.2, -0.15) is 0 Å². The molecule has 26 heavy (non-hydrogen) atoms. The number of rotatable bonds is 7. The molecule has 1 N–H and O–H groups in total. The number of amides is 3. The largest absolute Gasteiger partial charge is 0.335 e. The van der Waals surface area contributed by atoms with E-state index in [0.717, 1.165) is 30.2 Å². The van der Waals surface area contributed by atoms with E-state index in [9.17, 15) is 9.59 Å². The van der Waals surface area contributed by atoms with Crippen molar-refractivity contribution >= 4 is 40.5 Å². The van der Waals surface area contributed by atoms with Crippen LogP contribution < -0.4 is 5.32 Å². The zero-order chi connectivity index (χ0) is 18.5. The predicted molar refractivity (Wildman–Crippen MR) is 106 cm³/mol. The third-order valence-corrected chi connectivity index (χ3v) is 5.92. The van der Waals surface area contributed by atoms with Crippen LogP contribution in [0.3, 0.4) is 0 Å². The number of carbonyl (C=O) groups is 2. The van der Waals surface area contributed by atoms with Gasteiger partial charge in [-0.1, -0.05) is 42.1 Å². The summed E-state index contributed by atoms with van der Waals surface area (Å²) in [5.41, 5.74) is 1.21. The number of carbonyl (C=O) groups excluding carboxylic acids is 2. The third-order valence-electron chi connectivity index (χ3n) is 4.57. The maximum absolute atomic E-state index is 12.5. The molecule has 1 saturated heterocycles. The topological polar surface area (TPSA) is 65.0 Å². The van der Waals surface area contributed by atoms with E-state index in [-0.39, 0.29) is 5.91 Å². The predicted octanol–water partition coefficient (Wildman–Crippen LogP) is 2.53. The molecule has 3 rings (SSSR count). The van der Waals surface area contributed by atoms with Crippen molar-refractivity contribution in [2.45, 2.75) is 31.5 Å². The number of halogens is 1. The SMILES string of the molecule is CN1C(=O)NC(=O)C2C1N=C(SCCCCCl)N2CCc1ccccc1. The van der Waals surface area contributed by atoms with Gasteiger partial charge in [0.1, 0.15) is 0 Å². The van der Waals surface area contributed by atoms with E-state index >= 15 is 0 Å². The molecule has 140 valence electrons. The number of fused-ring (bicyclic) bond motifs is 1. The highest BCUT2D eigenvalue weighted by Crippen LogP contribution is 2.29. The molecule has 0 aromatic heterocycles. The van der Waals surface area contributed by atoms with Crippen LogP contribution in [0.15, 0.2) is 35.3 Å². The molecule has 0 bridgehead atoms. The summed E-state index contributed by atoms with van der Waals surface area (Å²) >= 11 is 7.39. The molecule has 1 aromatic rings. The zero-order valence-electron chi connectivity index (χ0n) is 14.7. The summed E-state index contributed by atoms with van der Waals surface area (Å²) in [5.74, 6) is 1.27. The van der Waals surface area contributed by atoms with Crippen molar-refractivity contribution < 1.29 is 9.59 Å². The fourth-order valence-electron chi connectivity index (χ4n) is 3.11. The monoisotopic (exact) mass is 394 g/mol. The van der Waals surface area contributed by atoms with Crippen LogP contribution in [-0.4, -0.2) is 64.3 Å². The Balaban J connectivity index is 1.74. The van der Waals surface area contributed by atoms with Crippen LogP contribution in [0.1, 0.15) is 18.4 Å². The Morgan fingerprint density at radius 2 is 2.00 bits per heavy atom. The Labute approximate surface area is 163 Å². The number of benzene rings is 1. The lowest BCUT2D eigenvalue weighted by Gasteiger charge is -2.36. The standard InChI is InChI=1S/C18H23ClN4O2S/c1-22-15-14(16(24)21-17(22)25)23(11-9-13-7-3-2-4-8-13)18(20-15)26-12-6-5-10-19/h2-4,7-8,14-15H,5-6,9-12H2,1H3,(H,21,24,25). The average Bonchev–Trinajstić information content (AvgIpc) is 3.02. The normalized spacial score (nSPS) is 22.3. The maximum Gasteiger partial charge on any atom is 0.325 e. The van der Waals surface area contributed by atoms with Crippen molar-refractivity contribution in [3.8, 4) is 0 Å².